The van der Waals surface area contributed by atoms with Crippen LogP contribution in [0.15, 0.2) is 11.1 Å². The van der Waals surface area contributed by atoms with E-state index in [0.717, 1.165) is 36.7 Å². The van der Waals surface area contributed by atoms with Gasteiger partial charge in [-0.1, -0.05) is 19.4 Å². The number of carbonyl (C=O) groups is 1. The van der Waals surface area contributed by atoms with Crippen molar-refractivity contribution in [2.45, 2.75) is 65.2 Å². The maximum Gasteiger partial charge on any atom is 0.158 e. The van der Waals surface area contributed by atoms with E-state index in [1.54, 1.807) is 0 Å². The number of nitrogens with zero attached hydrogens (tertiary/aromatic N) is 1. The van der Waals surface area contributed by atoms with Crippen LogP contribution in [0.1, 0.15) is 65.2 Å². The Labute approximate surface area is 122 Å². The summed E-state index contributed by atoms with van der Waals surface area (Å²) in [5.74, 6) is 2.59. The fraction of sp³-hybridized carbons (Fsp3) is 0.778. The van der Waals surface area contributed by atoms with Crippen LogP contribution >= 0.6 is 0 Å². The molecule has 0 amide bonds. The molecule has 2 fully saturated rings. The predicted molar refractivity (Wildman–Crippen MR) is 78.8 cm³/mol. The van der Waals surface area contributed by atoms with Gasteiger partial charge in [0.15, 0.2) is 5.78 Å². The largest absolute Gasteiger partial charge is 0.295 e. The van der Waals surface area contributed by atoms with Crippen LogP contribution in [0.5, 0.6) is 0 Å². The summed E-state index contributed by atoms with van der Waals surface area (Å²) in [4.78, 5) is 12.2. The minimum atomic E-state index is 0.334. The Bertz CT molecular complexity index is 498. The Morgan fingerprint density at radius 3 is 2.85 bits per heavy atom. The Morgan fingerprint density at radius 2 is 2.10 bits per heavy atom. The second-order valence-corrected chi connectivity index (χ2v) is 7.32. The first-order valence-electron chi connectivity index (χ1n) is 8.20. The highest BCUT2D eigenvalue weighted by Gasteiger charge is 2.52. The van der Waals surface area contributed by atoms with Crippen LogP contribution in [0.3, 0.4) is 0 Å². The van der Waals surface area contributed by atoms with Crippen LogP contribution < -0.4 is 0 Å². The Kier molecular flexibility index (Phi) is 3.48. The van der Waals surface area contributed by atoms with Crippen molar-refractivity contribution in [1.29, 1.82) is 5.26 Å². The number of rotatable bonds is 2. The summed E-state index contributed by atoms with van der Waals surface area (Å²) >= 11 is 0. The van der Waals surface area contributed by atoms with Crippen LogP contribution in [0.25, 0.3) is 0 Å². The molecule has 0 saturated heterocycles. The van der Waals surface area contributed by atoms with Gasteiger partial charge >= 0.3 is 0 Å². The molecule has 0 spiro atoms. The highest BCUT2D eigenvalue weighted by molar-refractivity contribution is 5.97. The first-order valence-corrected chi connectivity index (χ1v) is 8.20. The van der Waals surface area contributed by atoms with E-state index in [0.29, 0.717) is 30.0 Å². The van der Waals surface area contributed by atoms with Gasteiger partial charge in [-0.2, -0.15) is 5.26 Å². The predicted octanol–water partition coefficient (Wildman–Crippen LogP) is 4.41. The fourth-order valence-electron chi connectivity index (χ4n) is 5.23. The van der Waals surface area contributed by atoms with Crippen LogP contribution in [0, 0.1) is 34.5 Å². The molecule has 0 aromatic heterocycles. The number of carbonyl (C=O) groups excluding carboxylic acids is 1. The topological polar surface area (TPSA) is 40.9 Å². The quantitative estimate of drug-likeness (QED) is 0.746. The number of ketones is 1. The molecule has 4 atom stereocenters. The molecule has 0 radical (unpaired) electrons. The number of hydrogen-bond acceptors (Lipinski definition) is 2. The summed E-state index contributed by atoms with van der Waals surface area (Å²) in [5, 5.41) is 8.82. The van der Waals surface area contributed by atoms with E-state index in [1.807, 2.05) is 0 Å². The molecule has 0 N–H and O–H groups in total. The van der Waals surface area contributed by atoms with Gasteiger partial charge in [-0.3, -0.25) is 4.79 Å². The highest BCUT2D eigenvalue weighted by Crippen LogP contribution is 2.60. The number of fused-ring (bicyclic) bond motifs is 3. The molecule has 2 nitrogen and oxygen atoms in total. The summed E-state index contributed by atoms with van der Waals surface area (Å²) in [5.41, 5.74) is 2.99. The lowest BCUT2D eigenvalue weighted by molar-refractivity contribution is -0.117. The molecule has 2 saturated carbocycles. The van der Waals surface area contributed by atoms with Crippen molar-refractivity contribution in [3.63, 3.8) is 0 Å². The maximum absolute atomic E-state index is 12.2. The number of Topliss-reactive ketones (excluding diaryl/α,β-unsaturated/α-hetero) is 1. The van der Waals surface area contributed by atoms with Crippen molar-refractivity contribution in [2.75, 3.05) is 0 Å². The summed E-state index contributed by atoms with van der Waals surface area (Å²) in [7, 11) is 0. The highest BCUT2D eigenvalue weighted by atomic mass is 16.1. The average Bonchev–Trinajstić information content (AvgIpc) is 2.74. The third-order valence-electron chi connectivity index (χ3n) is 6.64. The van der Waals surface area contributed by atoms with Gasteiger partial charge in [0, 0.05) is 12.8 Å². The first-order chi connectivity index (χ1) is 9.58. The minimum absolute atomic E-state index is 0.334. The van der Waals surface area contributed by atoms with Crippen molar-refractivity contribution in [3.8, 4) is 6.07 Å². The zero-order valence-electron chi connectivity index (χ0n) is 12.7. The van der Waals surface area contributed by atoms with Crippen LogP contribution in [0.2, 0.25) is 0 Å². The van der Waals surface area contributed by atoms with Gasteiger partial charge in [-0.25, -0.2) is 0 Å². The zero-order valence-corrected chi connectivity index (χ0v) is 12.7. The van der Waals surface area contributed by atoms with E-state index in [2.05, 4.69) is 19.9 Å². The molecule has 0 aromatic carbocycles. The van der Waals surface area contributed by atoms with Gasteiger partial charge in [0.05, 0.1) is 6.07 Å². The molecule has 3 aliphatic rings. The van der Waals surface area contributed by atoms with Crippen molar-refractivity contribution in [2.24, 2.45) is 23.2 Å². The number of allylic oxidation sites excluding steroid dienone is 2. The van der Waals surface area contributed by atoms with Crippen LogP contribution in [0.4, 0.5) is 0 Å². The lowest BCUT2D eigenvalue weighted by atomic mass is 9.57. The molecule has 2 unspecified atom stereocenters. The lowest BCUT2D eigenvalue weighted by Gasteiger charge is -2.47. The zero-order chi connectivity index (χ0) is 14.3. The van der Waals surface area contributed by atoms with Gasteiger partial charge in [-0.15, -0.1) is 0 Å². The second kappa shape index (κ2) is 5.02. The monoisotopic (exact) mass is 271 g/mol. The van der Waals surface area contributed by atoms with Crippen molar-refractivity contribution in [1.82, 2.24) is 0 Å². The standard InChI is InChI=1S/C18H25NO/c1-12-5-7-16-14-6-8-17(20)15(4-3-11-19)13(14)9-10-18(12,16)2/h12,14,16H,3-10H2,1-2H3/t12-,14?,16?,18-/m0/s1. The molecule has 0 aromatic rings. The van der Waals surface area contributed by atoms with E-state index in [1.165, 1.54) is 24.8 Å². The SMILES string of the molecule is C[C@H]1CCC2C3CCC(=O)C(CCC#N)=C3CC[C@]21C. The summed E-state index contributed by atoms with van der Waals surface area (Å²) < 4.78 is 0. The van der Waals surface area contributed by atoms with Gasteiger partial charge < -0.3 is 0 Å². The lowest BCUT2D eigenvalue weighted by Crippen LogP contribution is -2.40. The second-order valence-electron chi connectivity index (χ2n) is 7.32. The van der Waals surface area contributed by atoms with Crippen LogP contribution in [-0.2, 0) is 4.79 Å². The van der Waals surface area contributed by atoms with Gasteiger partial charge in [-0.05, 0) is 67.3 Å². The van der Waals surface area contributed by atoms with Crippen molar-refractivity contribution in [3.05, 3.63) is 11.1 Å². The Balaban J connectivity index is 1.94. The van der Waals surface area contributed by atoms with E-state index in [9.17, 15) is 4.79 Å². The molecule has 108 valence electrons. The third kappa shape index (κ3) is 1.94. The maximum atomic E-state index is 12.2. The molecule has 2 heteroatoms. The van der Waals surface area contributed by atoms with Crippen LogP contribution in [-0.4, -0.2) is 5.78 Å². The van der Waals surface area contributed by atoms with Gasteiger partial charge in [0.1, 0.15) is 0 Å². The van der Waals surface area contributed by atoms with E-state index >= 15 is 0 Å². The molecule has 0 bridgehead atoms. The third-order valence-corrected chi connectivity index (χ3v) is 6.64. The van der Waals surface area contributed by atoms with Gasteiger partial charge in [0.2, 0.25) is 0 Å². The molecule has 3 aliphatic carbocycles. The number of nitriles is 1. The molecular formula is C18H25NO. The molecule has 0 aliphatic heterocycles. The van der Waals surface area contributed by atoms with E-state index < -0.39 is 0 Å². The molecule has 20 heavy (non-hydrogen) atoms. The Hall–Kier alpha value is -1.10. The smallest absolute Gasteiger partial charge is 0.158 e. The summed E-state index contributed by atoms with van der Waals surface area (Å²) in [6.45, 7) is 4.90. The minimum Gasteiger partial charge on any atom is -0.295 e. The van der Waals surface area contributed by atoms with Crippen molar-refractivity contribution >= 4 is 5.78 Å². The summed E-state index contributed by atoms with van der Waals surface area (Å²) in [6, 6.07) is 2.21. The average molecular weight is 271 g/mol. The van der Waals surface area contributed by atoms with Crippen molar-refractivity contribution < 1.29 is 4.79 Å². The summed E-state index contributed by atoms with van der Waals surface area (Å²) in [6.07, 6.45) is 8.02. The first kappa shape index (κ1) is 13.9. The fourth-order valence-corrected chi connectivity index (χ4v) is 5.23. The molecule has 3 rings (SSSR count). The van der Waals surface area contributed by atoms with Gasteiger partial charge in [0.25, 0.3) is 0 Å². The van der Waals surface area contributed by atoms with E-state index in [-0.39, 0.29) is 0 Å². The molecular weight excluding hydrogens is 246 g/mol. The number of hydrogen-bond donors (Lipinski definition) is 0. The molecule has 0 heterocycles. The Morgan fingerprint density at radius 1 is 1.30 bits per heavy atom. The van der Waals surface area contributed by atoms with E-state index in [4.69, 9.17) is 5.26 Å². The normalized spacial score (nSPS) is 40.2.